The Morgan fingerprint density at radius 3 is 2.00 bits per heavy atom. The summed E-state index contributed by atoms with van der Waals surface area (Å²) in [4.78, 5) is 0. The molecule has 0 rings (SSSR count). The summed E-state index contributed by atoms with van der Waals surface area (Å²) in [5, 5.41) is 0.617. The van der Waals surface area contributed by atoms with Crippen LogP contribution in [0, 0.1) is 5.92 Å². The molecule has 1 unspecified atom stereocenters. The summed E-state index contributed by atoms with van der Waals surface area (Å²) in [6, 6.07) is 0. The molecule has 1 heteroatoms. The lowest BCUT2D eigenvalue weighted by molar-refractivity contribution is 0.525. The van der Waals surface area contributed by atoms with Crippen molar-refractivity contribution in [3.63, 3.8) is 0 Å². The molecule has 0 aromatic carbocycles. The maximum atomic E-state index is 4.57. The third kappa shape index (κ3) is 8.67. The molecule has 0 aromatic rings. The van der Waals surface area contributed by atoms with Crippen molar-refractivity contribution in [1.82, 2.24) is 0 Å². The normalized spacial score (nSPS) is 13.6. The highest BCUT2D eigenvalue weighted by Gasteiger charge is 2.06. The van der Waals surface area contributed by atoms with Crippen LogP contribution in [0.1, 0.15) is 65.7 Å². The third-order valence-electron chi connectivity index (χ3n) is 2.62. The number of hydrogen-bond donors (Lipinski definition) is 1. The van der Waals surface area contributed by atoms with Crippen molar-refractivity contribution in [2.24, 2.45) is 5.92 Å². The Balaban J connectivity index is 3.07. The van der Waals surface area contributed by atoms with E-state index in [9.17, 15) is 0 Å². The number of hydrogen-bond acceptors (Lipinski definition) is 1. The molecule has 0 saturated carbocycles. The van der Waals surface area contributed by atoms with E-state index in [1.165, 1.54) is 44.9 Å². The Kier molecular flexibility index (Phi) is 9.17. The highest BCUT2D eigenvalue weighted by atomic mass is 32.1. The molecule has 0 aromatic heterocycles. The lowest BCUT2D eigenvalue weighted by Crippen LogP contribution is -2.07. The summed E-state index contributed by atoms with van der Waals surface area (Å²) < 4.78 is 0. The fourth-order valence-electron chi connectivity index (χ4n) is 1.47. The van der Waals surface area contributed by atoms with Gasteiger partial charge in [-0.25, -0.2) is 0 Å². The Morgan fingerprint density at radius 2 is 1.46 bits per heavy atom. The van der Waals surface area contributed by atoms with Crippen LogP contribution < -0.4 is 0 Å². The van der Waals surface area contributed by atoms with E-state index in [0.717, 1.165) is 5.92 Å². The summed E-state index contributed by atoms with van der Waals surface area (Å²) in [6.45, 7) is 6.78. The van der Waals surface area contributed by atoms with Crippen LogP contribution in [0.4, 0.5) is 0 Å². The van der Waals surface area contributed by atoms with Gasteiger partial charge in [-0.05, 0) is 12.3 Å². The fraction of sp³-hybridized carbons (Fsp3) is 1.00. The van der Waals surface area contributed by atoms with Crippen molar-refractivity contribution >= 4 is 12.6 Å². The van der Waals surface area contributed by atoms with Gasteiger partial charge in [-0.2, -0.15) is 12.6 Å². The van der Waals surface area contributed by atoms with E-state index in [1.54, 1.807) is 0 Å². The van der Waals surface area contributed by atoms with Gasteiger partial charge in [0.05, 0.1) is 0 Å². The van der Waals surface area contributed by atoms with E-state index in [4.69, 9.17) is 0 Å². The number of rotatable bonds is 8. The first-order valence-corrected chi connectivity index (χ1v) is 6.38. The smallest absolute Gasteiger partial charge is 0.00398 e. The zero-order valence-electron chi connectivity index (χ0n) is 9.55. The maximum Gasteiger partial charge on any atom is 0.00398 e. The van der Waals surface area contributed by atoms with Crippen molar-refractivity contribution in [2.75, 3.05) is 0 Å². The molecule has 0 nitrogen and oxygen atoms in total. The average molecular weight is 202 g/mol. The molecule has 0 N–H and O–H groups in total. The molecule has 0 spiro atoms. The maximum absolute atomic E-state index is 4.57. The lowest BCUT2D eigenvalue weighted by Gasteiger charge is -2.13. The van der Waals surface area contributed by atoms with Gasteiger partial charge in [0, 0.05) is 5.25 Å². The molecule has 0 radical (unpaired) electrons. The molecule has 13 heavy (non-hydrogen) atoms. The van der Waals surface area contributed by atoms with Crippen LogP contribution in [-0.4, -0.2) is 5.25 Å². The molecule has 80 valence electrons. The van der Waals surface area contributed by atoms with E-state index in [-0.39, 0.29) is 0 Å². The topological polar surface area (TPSA) is 0 Å². The first kappa shape index (κ1) is 13.4. The summed E-state index contributed by atoms with van der Waals surface area (Å²) in [6.07, 6.45) is 9.68. The average Bonchev–Trinajstić information content (AvgIpc) is 2.10. The first-order valence-electron chi connectivity index (χ1n) is 5.86. The van der Waals surface area contributed by atoms with Crippen LogP contribution in [0.3, 0.4) is 0 Å². The van der Waals surface area contributed by atoms with Gasteiger partial charge in [-0.3, -0.25) is 0 Å². The van der Waals surface area contributed by atoms with E-state index >= 15 is 0 Å². The number of thiol groups is 1. The van der Waals surface area contributed by atoms with Gasteiger partial charge in [0.25, 0.3) is 0 Å². The van der Waals surface area contributed by atoms with E-state index in [0.29, 0.717) is 5.25 Å². The van der Waals surface area contributed by atoms with Crippen LogP contribution in [0.5, 0.6) is 0 Å². The van der Waals surface area contributed by atoms with Gasteiger partial charge in [0.1, 0.15) is 0 Å². The van der Waals surface area contributed by atoms with E-state index in [1.807, 2.05) is 0 Å². The van der Waals surface area contributed by atoms with Crippen molar-refractivity contribution in [3.05, 3.63) is 0 Å². The fourth-order valence-corrected chi connectivity index (χ4v) is 1.65. The Morgan fingerprint density at radius 1 is 0.923 bits per heavy atom. The zero-order chi connectivity index (χ0) is 10.1. The standard InChI is InChI=1S/C12H26S/c1-4-5-6-7-8-9-10-12(13)11(2)3/h11-13H,4-10H2,1-3H3. The van der Waals surface area contributed by atoms with Crippen molar-refractivity contribution < 1.29 is 0 Å². The summed E-state index contributed by atoms with van der Waals surface area (Å²) in [5.74, 6) is 0.735. The largest absolute Gasteiger partial charge is 0.176 e. The van der Waals surface area contributed by atoms with Crippen LogP contribution in [-0.2, 0) is 0 Å². The molecule has 1 atom stereocenters. The molecule has 0 amide bonds. The minimum absolute atomic E-state index is 0.617. The first-order chi connectivity index (χ1) is 6.18. The monoisotopic (exact) mass is 202 g/mol. The van der Waals surface area contributed by atoms with Crippen LogP contribution >= 0.6 is 12.6 Å². The van der Waals surface area contributed by atoms with E-state index < -0.39 is 0 Å². The van der Waals surface area contributed by atoms with Gasteiger partial charge in [-0.15, -0.1) is 0 Å². The third-order valence-corrected chi connectivity index (χ3v) is 3.48. The summed E-state index contributed by atoms with van der Waals surface area (Å²) in [5.41, 5.74) is 0. The van der Waals surface area contributed by atoms with Gasteiger partial charge in [0.2, 0.25) is 0 Å². The molecule has 0 aliphatic carbocycles. The molecule has 0 heterocycles. The predicted molar refractivity (Wildman–Crippen MR) is 65.6 cm³/mol. The van der Waals surface area contributed by atoms with Gasteiger partial charge in [-0.1, -0.05) is 59.3 Å². The quantitative estimate of drug-likeness (QED) is 0.428. The zero-order valence-corrected chi connectivity index (χ0v) is 10.4. The molecule has 0 aliphatic heterocycles. The summed E-state index contributed by atoms with van der Waals surface area (Å²) >= 11 is 4.57. The highest BCUT2D eigenvalue weighted by Crippen LogP contribution is 2.17. The number of unbranched alkanes of at least 4 members (excludes halogenated alkanes) is 5. The second-order valence-corrected chi connectivity index (χ2v) is 5.03. The predicted octanol–water partition coefficient (Wildman–Crippen LogP) is 4.69. The second kappa shape index (κ2) is 8.93. The summed E-state index contributed by atoms with van der Waals surface area (Å²) in [7, 11) is 0. The highest BCUT2D eigenvalue weighted by molar-refractivity contribution is 7.81. The molecular weight excluding hydrogens is 176 g/mol. The Labute approximate surface area is 89.9 Å². The molecular formula is C12H26S. The van der Waals surface area contributed by atoms with E-state index in [2.05, 4.69) is 33.4 Å². The van der Waals surface area contributed by atoms with Crippen molar-refractivity contribution in [3.8, 4) is 0 Å². The SMILES string of the molecule is CCCCCCCCC(S)C(C)C. The van der Waals surface area contributed by atoms with Gasteiger partial charge >= 0.3 is 0 Å². The van der Waals surface area contributed by atoms with Crippen LogP contribution in [0.2, 0.25) is 0 Å². The molecule has 0 saturated heterocycles. The molecule has 0 fully saturated rings. The van der Waals surface area contributed by atoms with Crippen molar-refractivity contribution in [2.45, 2.75) is 71.0 Å². The van der Waals surface area contributed by atoms with Crippen LogP contribution in [0.15, 0.2) is 0 Å². The minimum atomic E-state index is 0.617. The Hall–Kier alpha value is 0.350. The minimum Gasteiger partial charge on any atom is -0.176 e. The molecule has 0 aliphatic rings. The second-order valence-electron chi connectivity index (χ2n) is 4.37. The Bertz CT molecular complexity index is 99.3. The van der Waals surface area contributed by atoms with Crippen LogP contribution in [0.25, 0.3) is 0 Å². The lowest BCUT2D eigenvalue weighted by atomic mass is 10.0. The van der Waals surface area contributed by atoms with Gasteiger partial charge < -0.3 is 0 Å². The molecule has 0 bridgehead atoms. The van der Waals surface area contributed by atoms with Crippen molar-refractivity contribution in [1.29, 1.82) is 0 Å². The van der Waals surface area contributed by atoms with Gasteiger partial charge in [0.15, 0.2) is 0 Å².